The quantitative estimate of drug-likeness (QED) is 0.498. The fourth-order valence-corrected chi connectivity index (χ4v) is 3.11. The number of rotatable bonds is 7. The molecule has 0 spiro atoms. The van der Waals surface area contributed by atoms with Gasteiger partial charge in [-0.05, 0) is 61.8 Å². The van der Waals surface area contributed by atoms with Gasteiger partial charge in [0.25, 0.3) is 0 Å². The fourth-order valence-electron chi connectivity index (χ4n) is 3.11. The van der Waals surface area contributed by atoms with Gasteiger partial charge in [0.15, 0.2) is 5.78 Å². The molecule has 1 nitrogen and oxygen atoms in total. The van der Waals surface area contributed by atoms with Gasteiger partial charge in [-0.15, -0.1) is 0 Å². The second-order valence-corrected chi connectivity index (χ2v) is 7.06. The Balaban J connectivity index is 1.50. The molecule has 3 aromatic carbocycles. The predicted molar refractivity (Wildman–Crippen MR) is 109 cm³/mol. The molecule has 0 heterocycles. The molecule has 0 aromatic heterocycles. The molecule has 0 N–H and O–H groups in total. The third kappa shape index (κ3) is 5.16. The Morgan fingerprint density at radius 1 is 0.577 bits per heavy atom. The molecule has 0 bridgehead atoms. The molecule has 0 saturated heterocycles. The van der Waals surface area contributed by atoms with E-state index in [9.17, 15) is 4.79 Å². The molecular weight excluding hydrogens is 316 g/mol. The molecule has 0 fully saturated rings. The van der Waals surface area contributed by atoms with E-state index >= 15 is 0 Å². The van der Waals surface area contributed by atoms with Crippen LogP contribution in [0.3, 0.4) is 0 Å². The third-order valence-electron chi connectivity index (χ3n) is 4.91. The highest BCUT2D eigenvalue weighted by Crippen LogP contribution is 2.13. The number of ketones is 1. The van der Waals surface area contributed by atoms with Gasteiger partial charge in [0, 0.05) is 5.56 Å². The van der Waals surface area contributed by atoms with Crippen LogP contribution in [0.15, 0.2) is 72.8 Å². The van der Waals surface area contributed by atoms with Crippen molar-refractivity contribution in [3.8, 4) is 0 Å². The topological polar surface area (TPSA) is 17.1 Å². The molecule has 3 aromatic rings. The normalized spacial score (nSPS) is 10.7. The highest BCUT2D eigenvalue weighted by molar-refractivity contribution is 5.93. The zero-order chi connectivity index (χ0) is 18.4. The molecule has 26 heavy (non-hydrogen) atoms. The molecule has 0 aliphatic carbocycles. The Kier molecular flexibility index (Phi) is 6.01. The van der Waals surface area contributed by atoms with Crippen molar-refractivity contribution in [1.82, 2.24) is 0 Å². The first-order valence-corrected chi connectivity index (χ1v) is 9.33. The van der Waals surface area contributed by atoms with Gasteiger partial charge in [0.05, 0.1) is 0 Å². The van der Waals surface area contributed by atoms with E-state index in [0.29, 0.717) is 0 Å². The zero-order valence-electron chi connectivity index (χ0n) is 15.7. The zero-order valence-corrected chi connectivity index (χ0v) is 15.7. The largest absolute Gasteiger partial charge is 0.295 e. The predicted octanol–water partition coefficient (Wildman–Crippen LogP) is 5.77. The maximum atomic E-state index is 11.3. The summed E-state index contributed by atoms with van der Waals surface area (Å²) in [4.78, 5) is 11.3. The van der Waals surface area contributed by atoms with Crippen molar-refractivity contribution in [3.05, 3.63) is 106 Å². The Morgan fingerprint density at radius 2 is 0.885 bits per heavy atom. The lowest BCUT2D eigenvalue weighted by Gasteiger charge is -2.06. The molecule has 132 valence electrons. The standard InChI is InChI=1S/C25H26O/c1-19-3-5-21(6-4-19)7-8-22-9-11-23(12-10-22)13-14-24-15-17-25(18-16-24)20(2)26/h3-6,9-12,15-18H,7-8,13-14H2,1-2H3. The van der Waals surface area contributed by atoms with Crippen molar-refractivity contribution in [2.24, 2.45) is 0 Å². The molecule has 0 radical (unpaired) electrons. The third-order valence-corrected chi connectivity index (χ3v) is 4.91. The van der Waals surface area contributed by atoms with Crippen LogP contribution in [0, 0.1) is 6.92 Å². The molecule has 0 atom stereocenters. The molecule has 0 aliphatic heterocycles. The Hall–Kier alpha value is -2.67. The van der Waals surface area contributed by atoms with Crippen LogP contribution >= 0.6 is 0 Å². The number of hydrogen-bond donors (Lipinski definition) is 0. The highest BCUT2D eigenvalue weighted by Gasteiger charge is 2.01. The van der Waals surface area contributed by atoms with Crippen molar-refractivity contribution < 1.29 is 4.79 Å². The van der Waals surface area contributed by atoms with E-state index in [0.717, 1.165) is 31.2 Å². The minimum atomic E-state index is 0.123. The van der Waals surface area contributed by atoms with Crippen LogP contribution in [0.25, 0.3) is 0 Å². The van der Waals surface area contributed by atoms with E-state index in [4.69, 9.17) is 0 Å². The van der Waals surface area contributed by atoms with Crippen molar-refractivity contribution in [3.63, 3.8) is 0 Å². The lowest BCUT2D eigenvalue weighted by molar-refractivity contribution is 0.101. The number of carbonyl (C=O) groups excluding carboxylic acids is 1. The van der Waals surface area contributed by atoms with Gasteiger partial charge in [0.1, 0.15) is 0 Å². The van der Waals surface area contributed by atoms with Crippen LogP contribution in [0.4, 0.5) is 0 Å². The van der Waals surface area contributed by atoms with E-state index in [1.54, 1.807) is 6.92 Å². The summed E-state index contributed by atoms with van der Waals surface area (Å²) in [6.45, 7) is 3.73. The fraction of sp³-hybridized carbons (Fsp3) is 0.240. The van der Waals surface area contributed by atoms with Crippen LogP contribution in [0.1, 0.15) is 45.1 Å². The van der Waals surface area contributed by atoms with Gasteiger partial charge in [-0.1, -0.05) is 78.4 Å². The lowest BCUT2D eigenvalue weighted by Crippen LogP contribution is -1.96. The average Bonchev–Trinajstić information content (AvgIpc) is 2.67. The Morgan fingerprint density at radius 3 is 1.23 bits per heavy atom. The Labute approximate surface area is 156 Å². The summed E-state index contributed by atoms with van der Waals surface area (Å²) in [6.07, 6.45) is 4.19. The molecule has 3 rings (SSSR count). The minimum absolute atomic E-state index is 0.123. The van der Waals surface area contributed by atoms with Crippen LogP contribution in [0.5, 0.6) is 0 Å². The van der Waals surface area contributed by atoms with E-state index in [-0.39, 0.29) is 5.78 Å². The monoisotopic (exact) mass is 342 g/mol. The smallest absolute Gasteiger partial charge is 0.159 e. The molecule has 0 amide bonds. The summed E-state index contributed by atoms with van der Waals surface area (Å²) < 4.78 is 0. The highest BCUT2D eigenvalue weighted by atomic mass is 16.1. The SMILES string of the molecule is CC(=O)c1ccc(CCc2ccc(CCc3ccc(C)cc3)cc2)cc1. The second-order valence-electron chi connectivity index (χ2n) is 7.06. The number of carbonyl (C=O) groups is 1. The molecular formula is C25H26O. The number of aryl methyl sites for hydroxylation is 5. The number of Topliss-reactive ketones (excluding diaryl/α,β-unsaturated/α-hetero) is 1. The molecule has 0 saturated carbocycles. The summed E-state index contributed by atoms with van der Waals surface area (Å²) in [6, 6.07) is 25.8. The number of benzene rings is 3. The first-order valence-electron chi connectivity index (χ1n) is 9.33. The first-order chi connectivity index (χ1) is 12.6. The second kappa shape index (κ2) is 8.62. The maximum absolute atomic E-state index is 11.3. The van der Waals surface area contributed by atoms with Gasteiger partial charge in [0.2, 0.25) is 0 Å². The van der Waals surface area contributed by atoms with Crippen LogP contribution in [0.2, 0.25) is 0 Å². The van der Waals surface area contributed by atoms with Crippen molar-refractivity contribution >= 4 is 5.78 Å². The van der Waals surface area contributed by atoms with Crippen LogP contribution < -0.4 is 0 Å². The summed E-state index contributed by atoms with van der Waals surface area (Å²) in [5, 5.41) is 0. The average molecular weight is 342 g/mol. The van der Waals surface area contributed by atoms with Gasteiger partial charge in [-0.2, -0.15) is 0 Å². The van der Waals surface area contributed by atoms with Gasteiger partial charge in [-0.3, -0.25) is 4.79 Å². The Bertz CT molecular complexity index is 840. The summed E-state index contributed by atoms with van der Waals surface area (Å²) in [5.74, 6) is 0.123. The minimum Gasteiger partial charge on any atom is -0.295 e. The summed E-state index contributed by atoms with van der Waals surface area (Å²) in [5.41, 5.74) is 7.52. The summed E-state index contributed by atoms with van der Waals surface area (Å²) in [7, 11) is 0. The lowest BCUT2D eigenvalue weighted by atomic mass is 9.99. The van der Waals surface area contributed by atoms with Crippen LogP contribution in [-0.4, -0.2) is 5.78 Å². The van der Waals surface area contributed by atoms with E-state index in [1.807, 2.05) is 12.1 Å². The maximum Gasteiger partial charge on any atom is 0.159 e. The van der Waals surface area contributed by atoms with Crippen molar-refractivity contribution in [2.75, 3.05) is 0 Å². The molecule has 1 heteroatoms. The van der Waals surface area contributed by atoms with Gasteiger partial charge in [-0.25, -0.2) is 0 Å². The van der Waals surface area contributed by atoms with E-state index in [2.05, 4.69) is 67.6 Å². The molecule has 0 aliphatic rings. The number of hydrogen-bond acceptors (Lipinski definition) is 1. The van der Waals surface area contributed by atoms with Crippen molar-refractivity contribution in [1.29, 1.82) is 0 Å². The van der Waals surface area contributed by atoms with Crippen LogP contribution in [-0.2, 0) is 25.7 Å². The van der Waals surface area contributed by atoms with Gasteiger partial charge >= 0.3 is 0 Å². The van der Waals surface area contributed by atoms with Crippen molar-refractivity contribution in [2.45, 2.75) is 39.5 Å². The summed E-state index contributed by atoms with van der Waals surface area (Å²) >= 11 is 0. The van der Waals surface area contributed by atoms with Gasteiger partial charge < -0.3 is 0 Å². The first kappa shape index (κ1) is 18.1. The molecule has 0 unspecified atom stereocenters. The van der Waals surface area contributed by atoms with E-state index < -0.39 is 0 Å². The van der Waals surface area contributed by atoms with E-state index in [1.165, 1.54) is 27.8 Å².